The number of rotatable bonds is 3. The first-order chi connectivity index (χ1) is 12.7. The Morgan fingerprint density at radius 3 is 2.59 bits per heavy atom. The van der Waals surface area contributed by atoms with Gasteiger partial charge in [0.25, 0.3) is 0 Å². The number of methoxy groups -OCH3 is 1. The topological polar surface area (TPSA) is 75.9 Å². The molecule has 1 aliphatic rings. The molecule has 1 atom stereocenters. The van der Waals surface area contributed by atoms with E-state index in [1.807, 2.05) is 25.1 Å². The maximum Gasteiger partial charge on any atom is 0.178 e. The van der Waals surface area contributed by atoms with Crippen molar-refractivity contribution in [1.29, 1.82) is 5.26 Å². The summed E-state index contributed by atoms with van der Waals surface area (Å²) in [6.07, 6.45) is 4.55. The lowest BCUT2D eigenvalue weighted by atomic mass is 9.68. The molecule has 27 heavy (non-hydrogen) atoms. The van der Waals surface area contributed by atoms with Crippen LogP contribution in [-0.4, -0.2) is 22.9 Å². The van der Waals surface area contributed by atoms with Gasteiger partial charge >= 0.3 is 0 Å². The summed E-state index contributed by atoms with van der Waals surface area (Å²) in [5, 5.41) is 9.44. The maximum absolute atomic E-state index is 14.0. The van der Waals surface area contributed by atoms with Gasteiger partial charge in [-0.15, -0.1) is 0 Å². The summed E-state index contributed by atoms with van der Waals surface area (Å²) in [7, 11) is 1.50. The number of hydrogen-bond acceptors (Lipinski definition) is 5. The number of aryl methyl sites for hydroxylation is 1. The standard InChI is InChI=1S/C21H20FN3O2/c1-13-5-6-14(10-24-13)17-7-16(22)11-25-18(17)21(27-4)8-15(9-23)19(26)20(2,3)12-21/h5-8,10-11H,12H2,1-4H3. The average molecular weight is 365 g/mol. The van der Waals surface area contributed by atoms with Crippen LogP contribution in [0.3, 0.4) is 0 Å². The van der Waals surface area contributed by atoms with E-state index in [0.29, 0.717) is 16.8 Å². The second kappa shape index (κ2) is 6.67. The Labute approximate surface area is 157 Å². The van der Waals surface area contributed by atoms with Crippen molar-refractivity contribution in [3.8, 4) is 17.2 Å². The lowest BCUT2D eigenvalue weighted by molar-refractivity contribution is -0.128. The third-order valence-electron chi connectivity index (χ3n) is 4.90. The van der Waals surface area contributed by atoms with E-state index in [0.717, 1.165) is 11.9 Å². The predicted octanol–water partition coefficient (Wildman–Crippen LogP) is 3.88. The Hall–Kier alpha value is -2.91. The molecule has 0 fully saturated rings. The van der Waals surface area contributed by atoms with Gasteiger partial charge in [0, 0.05) is 35.5 Å². The predicted molar refractivity (Wildman–Crippen MR) is 98.0 cm³/mol. The Morgan fingerprint density at radius 2 is 2.00 bits per heavy atom. The van der Waals surface area contributed by atoms with Crippen LogP contribution in [0.25, 0.3) is 11.1 Å². The SMILES string of the molecule is COC1(c2ncc(F)cc2-c2ccc(C)nc2)C=C(C#N)C(=O)C(C)(C)C1. The molecule has 0 spiro atoms. The van der Waals surface area contributed by atoms with Crippen LogP contribution in [0, 0.1) is 29.5 Å². The largest absolute Gasteiger partial charge is 0.368 e. The van der Waals surface area contributed by atoms with Crippen molar-refractivity contribution in [2.24, 2.45) is 5.41 Å². The molecule has 0 saturated carbocycles. The summed E-state index contributed by atoms with van der Waals surface area (Å²) in [5.41, 5.74) is 0.550. The number of Topliss-reactive ketones (excluding diaryl/α,β-unsaturated/α-hetero) is 1. The Balaban J connectivity index is 2.28. The first kappa shape index (κ1) is 18.9. The molecule has 0 amide bonds. The van der Waals surface area contributed by atoms with Crippen molar-refractivity contribution in [3.05, 3.63) is 59.4 Å². The Bertz CT molecular complexity index is 974. The molecular formula is C21H20FN3O2. The van der Waals surface area contributed by atoms with E-state index in [1.54, 1.807) is 20.0 Å². The molecule has 0 N–H and O–H groups in total. The van der Waals surface area contributed by atoms with Gasteiger partial charge in [-0.2, -0.15) is 5.26 Å². The van der Waals surface area contributed by atoms with E-state index < -0.39 is 16.8 Å². The highest BCUT2D eigenvalue weighted by Gasteiger charge is 2.48. The van der Waals surface area contributed by atoms with Gasteiger partial charge < -0.3 is 4.74 Å². The van der Waals surface area contributed by atoms with Crippen LogP contribution in [0.5, 0.6) is 0 Å². The molecule has 6 heteroatoms. The Kier molecular flexibility index (Phi) is 4.66. The van der Waals surface area contributed by atoms with Crippen LogP contribution in [0.4, 0.5) is 4.39 Å². The fourth-order valence-electron chi connectivity index (χ4n) is 3.54. The van der Waals surface area contributed by atoms with E-state index in [2.05, 4.69) is 9.97 Å². The number of nitriles is 1. The summed E-state index contributed by atoms with van der Waals surface area (Å²) < 4.78 is 19.8. The number of allylic oxidation sites excluding steroid dienone is 1. The van der Waals surface area contributed by atoms with E-state index in [-0.39, 0.29) is 17.8 Å². The molecule has 0 aliphatic heterocycles. The summed E-state index contributed by atoms with van der Waals surface area (Å²) in [6.45, 7) is 5.40. The number of ketones is 1. The first-order valence-electron chi connectivity index (χ1n) is 8.54. The molecule has 138 valence electrons. The molecular weight excluding hydrogens is 345 g/mol. The van der Waals surface area contributed by atoms with E-state index in [9.17, 15) is 14.4 Å². The summed E-state index contributed by atoms with van der Waals surface area (Å²) in [6, 6.07) is 7.00. The number of nitrogens with zero attached hydrogens (tertiary/aromatic N) is 3. The third kappa shape index (κ3) is 3.26. The molecule has 0 aromatic carbocycles. The van der Waals surface area contributed by atoms with Crippen molar-refractivity contribution in [3.63, 3.8) is 0 Å². The average Bonchev–Trinajstić information content (AvgIpc) is 2.64. The van der Waals surface area contributed by atoms with E-state index in [1.165, 1.54) is 19.3 Å². The quantitative estimate of drug-likeness (QED) is 0.825. The number of aromatic nitrogens is 2. The Morgan fingerprint density at radius 1 is 1.26 bits per heavy atom. The number of pyridine rings is 2. The highest BCUT2D eigenvalue weighted by Crippen LogP contribution is 2.47. The van der Waals surface area contributed by atoms with Crippen molar-refractivity contribution in [1.82, 2.24) is 9.97 Å². The lowest BCUT2D eigenvalue weighted by Crippen LogP contribution is -2.43. The van der Waals surface area contributed by atoms with Crippen LogP contribution >= 0.6 is 0 Å². The van der Waals surface area contributed by atoms with E-state index in [4.69, 9.17) is 4.74 Å². The molecule has 2 heterocycles. The summed E-state index contributed by atoms with van der Waals surface area (Å²) in [5.74, 6) is -0.727. The van der Waals surface area contributed by atoms with Crippen LogP contribution in [0.2, 0.25) is 0 Å². The molecule has 1 unspecified atom stereocenters. The molecule has 1 aliphatic carbocycles. The lowest BCUT2D eigenvalue weighted by Gasteiger charge is -2.40. The van der Waals surface area contributed by atoms with Crippen LogP contribution < -0.4 is 0 Å². The van der Waals surface area contributed by atoms with Gasteiger partial charge in [-0.25, -0.2) is 4.39 Å². The van der Waals surface area contributed by atoms with Crippen molar-refractivity contribution in [2.45, 2.75) is 32.8 Å². The zero-order valence-electron chi connectivity index (χ0n) is 15.7. The highest BCUT2D eigenvalue weighted by molar-refractivity contribution is 6.04. The second-order valence-electron chi connectivity index (χ2n) is 7.39. The first-order valence-corrected chi connectivity index (χ1v) is 8.54. The molecule has 3 rings (SSSR count). The zero-order valence-corrected chi connectivity index (χ0v) is 15.7. The fraction of sp³-hybridized carbons (Fsp3) is 0.333. The normalized spacial score (nSPS) is 21.5. The van der Waals surface area contributed by atoms with Crippen LogP contribution in [0.15, 0.2) is 42.2 Å². The zero-order chi connectivity index (χ0) is 19.8. The molecule has 2 aromatic rings. The highest BCUT2D eigenvalue weighted by atomic mass is 19.1. The molecule has 5 nitrogen and oxygen atoms in total. The number of ether oxygens (including phenoxy) is 1. The van der Waals surface area contributed by atoms with Gasteiger partial charge in [-0.05, 0) is 31.6 Å². The van der Waals surface area contributed by atoms with Crippen molar-refractivity contribution >= 4 is 5.78 Å². The fourth-order valence-corrected chi connectivity index (χ4v) is 3.54. The molecule has 0 radical (unpaired) electrons. The summed E-state index contributed by atoms with van der Waals surface area (Å²) in [4.78, 5) is 21.1. The maximum atomic E-state index is 14.0. The second-order valence-corrected chi connectivity index (χ2v) is 7.39. The minimum absolute atomic E-state index is 0.0206. The van der Waals surface area contributed by atoms with Crippen molar-refractivity contribution < 1.29 is 13.9 Å². The van der Waals surface area contributed by atoms with E-state index >= 15 is 0 Å². The molecule has 0 bridgehead atoms. The molecule has 0 saturated heterocycles. The minimum Gasteiger partial charge on any atom is -0.368 e. The van der Waals surface area contributed by atoms with Crippen LogP contribution in [-0.2, 0) is 15.1 Å². The smallest absolute Gasteiger partial charge is 0.178 e. The molecule has 2 aromatic heterocycles. The number of halogens is 1. The van der Waals surface area contributed by atoms with Crippen LogP contribution in [0.1, 0.15) is 31.7 Å². The number of hydrogen-bond donors (Lipinski definition) is 0. The van der Waals surface area contributed by atoms with Gasteiger partial charge in [0.1, 0.15) is 17.5 Å². The van der Waals surface area contributed by atoms with Gasteiger partial charge in [0.05, 0.1) is 17.5 Å². The third-order valence-corrected chi connectivity index (χ3v) is 4.90. The number of carbonyl (C=O) groups excluding carboxylic acids is 1. The minimum atomic E-state index is -1.13. The van der Waals surface area contributed by atoms with Crippen molar-refractivity contribution in [2.75, 3.05) is 7.11 Å². The van der Waals surface area contributed by atoms with Gasteiger partial charge in [0.2, 0.25) is 0 Å². The van der Waals surface area contributed by atoms with Gasteiger partial charge in [0.15, 0.2) is 5.78 Å². The monoisotopic (exact) mass is 365 g/mol. The summed E-state index contributed by atoms with van der Waals surface area (Å²) >= 11 is 0. The van der Waals surface area contributed by atoms with Gasteiger partial charge in [-0.3, -0.25) is 14.8 Å². The number of carbonyl (C=O) groups is 1. The van der Waals surface area contributed by atoms with Gasteiger partial charge in [-0.1, -0.05) is 19.9 Å².